The van der Waals surface area contributed by atoms with Crippen molar-refractivity contribution < 1.29 is 4.79 Å². The Kier molecular flexibility index (Phi) is 4.92. The van der Waals surface area contributed by atoms with Crippen LogP contribution < -0.4 is 10.6 Å². The summed E-state index contributed by atoms with van der Waals surface area (Å²) in [6.07, 6.45) is 4.14. The van der Waals surface area contributed by atoms with E-state index >= 15 is 0 Å². The summed E-state index contributed by atoms with van der Waals surface area (Å²) in [6, 6.07) is 5.91. The smallest absolute Gasteiger partial charge is 0.254 e. The van der Waals surface area contributed by atoms with E-state index in [0.717, 1.165) is 18.7 Å². The molecule has 0 aliphatic heterocycles. The molecule has 4 nitrogen and oxygen atoms in total. The van der Waals surface area contributed by atoms with Crippen molar-refractivity contribution >= 4 is 22.9 Å². The summed E-state index contributed by atoms with van der Waals surface area (Å²) in [5, 5.41) is 8.13. The SMILES string of the molecule is CCNc1ccncc1C(=O)NCCc1cccs1. The van der Waals surface area contributed by atoms with Crippen LogP contribution in [0.5, 0.6) is 0 Å². The monoisotopic (exact) mass is 275 g/mol. The third-order valence-electron chi connectivity index (χ3n) is 2.67. The number of hydrogen-bond acceptors (Lipinski definition) is 4. The van der Waals surface area contributed by atoms with Gasteiger partial charge in [0.2, 0.25) is 0 Å². The normalized spacial score (nSPS) is 10.2. The number of thiophene rings is 1. The van der Waals surface area contributed by atoms with Crippen molar-refractivity contribution in [1.29, 1.82) is 0 Å². The fraction of sp³-hybridized carbons (Fsp3) is 0.286. The zero-order valence-electron chi connectivity index (χ0n) is 10.8. The molecule has 2 N–H and O–H groups in total. The van der Waals surface area contributed by atoms with Gasteiger partial charge in [-0.1, -0.05) is 6.07 Å². The first-order chi connectivity index (χ1) is 9.31. The number of pyridine rings is 1. The molecule has 0 aliphatic rings. The number of carbonyl (C=O) groups excluding carboxylic acids is 1. The maximum absolute atomic E-state index is 12.1. The Morgan fingerprint density at radius 2 is 2.32 bits per heavy atom. The Morgan fingerprint density at radius 3 is 3.05 bits per heavy atom. The van der Waals surface area contributed by atoms with Crippen molar-refractivity contribution in [3.63, 3.8) is 0 Å². The van der Waals surface area contributed by atoms with Gasteiger partial charge in [0.25, 0.3) is 5.91 Å². The summed E-state index contributed by atoms with van der Waals surface area (Å²) in [5.74, 6) is -0.0828. The van der Waals surface area contributed by atoms with Crippen LogP contribution in [0.4, 0.5) is 5.69 Å². The van der Waals surface area contributed by atoms with Crippen molar-refractivity contribution in [3.8, 4) is 0 Å². The number of amides is 1. The summed E-state index contributed by atoms with van der Waals surface area (Å²) in [7, 11) is 0. The number of nitrogens with one attached hydrogen (secondary N) is 2. The fourth-order valence-corrected chi connectivity index (χ4v) is 2.48. The summed E-state index contributed by atoms with van der Waals surface area (Å²) in [6.45, 7) is 3.41. The minimum absolute atomic E-state index is 0.0828. The molecule has 0 radical (unpaired) electrons. The van der Waals surface area contributed by atoms with Crippen molar-refractivity contribution in [2.45, 2.75) is 13.3 Å². The lowest BCUT2D eigenvalue weighted by atomic mass is 10.2. The van der Waals surface area contributed by atoms with Crippen molar-refractivity contribution in [3.05, 3.63) is 46.4 Å². The molecule has 2 heterocycles. The van der Waals surface area contributed by atoms with E-state index in [1.165, 1.54) is 4.88 Å². The van der Waals surface area contributed by atoms with E-state index in [2.05, 4.69) is 21.7 Å². The number of rotatable bonds is 6. The number of nitrogens with zero attached hydrogens (tertiary/aromatic N) is 1. The standard InChI is InChI=1S/C14H17N3OS/c1-2-16-13-6-7-15-10-12(13)14(18)17-8-5-11-4-3-9-19-11/h3-4,6-7,9-10H,2,5,8H2,1H3,(H,15,16)(H,17,18). The fourth-order valence-electron chi connectivity index (χ4n) is 1.77. The molecule has 0 saturated heterocycles. The first kappa shape index (κ1) is 13.5. The predicted octanol–water partition coefficient (Wildman–Crippen LogP) is 2.55. The highest BCUT2D eigenvalue weighted by Crippen LogP contribution is 2.13. The quantitative estimate of drug-likeness (QED) is 0.852. The molecule has 0 aliphatic carbocycles. The zero-order valence-corrected chi connectivity index (χ0v) is 11.7. The van der Waals surface area contributed by atoms with Gasteiger partial charge in [-0.3, -0.25) is 9.78 Å². The van der Waals surface area contributed by atoms with Crippen LogP contribution >= 0.6 is 11.3 Å². The van der Waals surface area contributed by atoms with Gasteiger partial charge in [-0.05, 0) is 30.9 Å². The minimum atomic E-state index is -0.0828. The molecule has 1 amide bonds. The molecule has 0 saturated carbocycles. The average Bonchev–Trinajstić information content (AvgIpc) is 2.93. The molecule has 0 bridgehead atoms. The van der Waals surface area contributed by atoms with Crippen LogP contribution in [-0.4, -0.2) is 24.0 Å². The molecule has 2 aromatic heterocycles. The van der Waals surface area contributed by atoms with Gasteiger partial charge < -0.3 is 10.6 Å². The predicted molar refractivity (Wildman–Crippen MR) is 78.8 cm³/mol. The van der Waals surface area contributed by atoms with Gasteiger partial charge in [-0.15, -0.1) is 11.3 Å². The van der Waals surface area contributed by atoms with Gasteiger partial charge in [0.15, 0.2) is 0 Å². The average molecular weight is 275 g/mol. The van der Waals surface area contributed by atoms with E-state index < -0.39 is 0 Å². The largest absolute Gasteiger partial charge is 0.385 e. The van der Waals surface area contributed by atoms with Crippen LogP contribution in [0, 0.1) is 0 Å². The molecule has 2 rings (SSSR count). The first-order valence-corrected chi connectivity index (χ1v) is 7.17. The van der Waals surface area contributed by atoms with E-state index in [9.17, 15) is 4.79 Å². The van der Waals surface area contributed by atoms with Gasteiger partial charge in [0, 0.05) is 30.4 Å². The lowest BCUT2D eigenvalue weighted by molar-refractivity contribution is 0.0954. The second-order valence-corrected chi connectivity index (χ2v) is 5.07. The maximum Gasteiger partial charge on any atom is 0.254 e. The highest BCUT2D eigenvalue weighted by atomic mass is 32.1. The van der Waals surface area contributed by atoms with E-state index in [4.69, 9.17) is 0 Å². The molecule has 0 fully saturated rings. The van der Waals surface area contributed by atoms with Crippen molar-refractivity contribution in [2.75, 3.05) is 18.4 Å². The molecule has 0 spiro atoms. The topological polar surface area (TPSA) is 54.0 Å². The Hall–Kier alpha value is -1.88. The number of aromatic nitrogens is 1. The van der Waals surface area contributed by atoms with Crippen LogP contribution in [0.3, 0.4) is 0 Å². The molecule has 100 valence electrons. The van der Waals surface area contributed by atoms with E-state index in [1.54, 1.807) is 23.7 Å². The second-order valence-electron chi connectivity index (χ2n) is 4.04. The Labute approximate surface area is 116 Å². The molecule has 0 unspecified atom stereocenters. The Bertz CT molecular complexity index is 525. The van der Waals surface area contributed by atoms with Crippen LogP contribution in [0.15, 0.2) is 36.0 Å². The van der Waals surface area contributed by atoms with Crippen LogP contribution in [-0.2, 0) is 6.42 Å². The Morgan fingerprint density at radius 1 is 1.42 bits per heavy atom. The van der Waals surface area contributed by atoms with Gasteiger partial charge >= 0.3 is 0 Å². The molecular formula is C14H17N3OS. The molecule has 5 heteroatoms. The highest BCUT2D eigenvalue weighted by molar-refractivity contribution is 7.09. The van der Waals surface area contributed by atoms with Crippen LogP contribution in [0.25, 0.3) is 0 Å². The molecule has 19 heavy (non-hydrogen) atoms. The van der Waals surface area contributed by atoms with Gasteiger partial charge in [0.1, 0.15) is 0 Å². The maximum atomic E-state index is 12.1. The summed E-state index contributed by atoms with van der Waals surface area (Å²) < 4.78 is 0. The summed E-state index contributed by atoms with van der Waals surface area (Å²) in [4.78, 5) is 17.4. The Balaban J connectivity index is 1.92. The number of hydrogen-bond donors (Lipinski definition) is 2. The van der Waals surface area contributed by atoms with E-state index in [-0.39, 0.29) is 5.91 Å². The first-order valence-electron chi connectivity index (χ1n) is 6.29. The van der Waals surface area contributed by atoms with Crippen molar-refractivity contribution in [1.82, 2.24) is 10.3 Å². The molecule has 0 atom stereocenters. The molecular weight excluding hydrogens is 258 g/mol. The van der Waals surface area contributed by atoms with E-state index in [0.29, 0.717) is 12.1 Å². The number of carbonyl (C=O) groups is 1. The van der Waals surface area contributed by atoms with E-state index in [1.807, 2.05) is 24.4 Å². The summed E-state index contributed by atoms with van der Waals surface area (Å²) >= 11 is 1.71. The van der Waals surface area contributed by atoms with Crippen LogP contribution in [0.1, 0.15) is 22.2 Å². The lowest BCUT2D eigenvalue weighted by Gasteiger charge is -2.10. The van der Waals surface area contributed by atoms with Crippen molar-refractivity contribution in [2.24, 2.45) is 0 Å². The second kappa shape index (κ2) is 6.89. The third-order valence-corrected chi connectivity index (χ3v) is 3.61. The summed E-state index contributed by atoms with van der Waals surface area (Å²) in [5.41, 5.74) is 1.42. The number of anilines is 1. The molecule has 2 aromatic rings. The molecule has 0 aromatic carbocycles. The third kappa shape index (κ3) is 3.79. The van der Waals surface area contributed by atoms with Gasteiger partial charge in [-0.25, -0.2) is 0 Å². The van der Waals surface area contributed by atoms with Gasteiger partial charge in [0.05, 0.1) is 11.3 Å². The van der Waals surface area contributed by atoms with Crippen LogP contribution in [0.2, 0.25) is 0 Å². The van der Waals surface area contributed by atoms with Gasteiger partial charge in [-0.2, -0.15) is 0 Å². The lowest BCUT2D eigenvalue weighted by Crippen LogP contribution is -2.26. The minimum Gasteiger partial charge on any atom is -0.385 e. The highest BCUT2D eigenvalue weighted by Gasteiger charge is 2.10. The zero-order chi connectivity index (χ0) is 13.5.